The van der Waals surface area contributed by atoms with Crippen LogP contribution in [0.3, 0.4) is 0 Å². The Hall–Kier alpha value is -2.49. The van der Waals surface area contributed by atoms with Crippen molar-refractivity contribution < 1.29 is 4.39 Å². The standard InChI is InChI=1S/C22H27FN6.HI/c1-2-21-28-27-17-29(21)15-14-25-22(26-16-19-6-4-3-5-7-19)24-13-12-18-8-10-20(23)11-9-18;/h3-11,17H,2,12-16H2,1H3,(H2,24,25,26);1H. The van der Waals surface area contributed by atoms with Gasteiger partial charge in [-0.3, -0.25) is 0 Å². The maximum absolute atomic E-state index is 13.1. The van der Waals surface area contributed by atoms with Crippen molar-refractivity contribution in [3.63, 3.8) is 0 Å². The third kappa shape index (κ3) is 7.74. The molecule has 160 valence electrons. The molecule has 30 heavy (non-hydrogen) atoms. The van der Waals surface area contributed by atoms with Crippen LogP contribution in [0.2, 0.25) is 0 Å². The highest BCUT2D eigenvalue weighted by Gasteiger charge is 2.03. The zero-order chi connectivity index (χ0) is 20.3. The van der Waals surface area contributed by atoms with Gasteiger partial charge in [0, 0.05) is 26.1 Å². The fourth-order valence-electron chi connectivity index (χ4n) is 2.94. The van der Waals surface area contributed by atoms with Crippen molar-refractivity contribution in [1.29, 1.82) is 0 Å². The van der Waals surface area contributed by atoms with E-state index in [1.807, 2.05) is 34.9 Å². The number of aromatic nitrogens is 3. The van der Waals surface area contributed by atoms with Gasteiger partial charge in [0.2, 0.25) is 0 Å². The van der Waals surface area contributed by atoms with Crippen LogP contribution in [0, 0.1) is 5.82 Å². The molecule has 8 heteroatoms. The van der Waals surface area contributed by atoms with Gasteiger partial charge >= 0.3 is 0 Å². The van der Waals surface area contributed by atoms with Crippen LogP contribution in [-0.4, -0.2) is 33.8 Å². The molecule has 0 aliphatic rings. The van der Waals surface area contributed by atoms with E-state index in [2.05, 4.69) is 39.9 Å². The van der Waals surface area contributed by atoms with Crippen molar-refractivity contribution in [2.75, 3.05) is 13.1 Å². The lowest BCUT2D eigenvalue weighted by Crippen LogP contribution is -2.40. The second kappa shape index (κ2) is 12.9. The fourth-order valence-corrected chi connectivity index (χ4v) is 2.94. The molecule has 0 radical (unpaired) electrons. The van der Waals surface area contributed by atoms with Gasteiger partial charge in [-0.1, -0.05) is 49.4 Å². The lowest BCUT2D eigenvalue weighted by atomic mass is 10.1. The van der Waals surface area contributed by atoms with E-state index in [4.69, 9.17) is 4.99 Å². The first-order chi connectivity index (χ1) is 14.2. The number of aliphatic imine (C=N–C) groups is 1. The first kappa shape index (κ1) is 23.8. The van der Waals surface area contributed by atoms with E-state index in [0.29, 0.717) is 19.6 Å². The molecule has 0 aliphatic heterocycles. The maximum atomic E-state index is 13.1. The molecule has 0 aliphatic carbocycles. The quantitative estimate of drug-likeness (QED) is 0.256. The van der Waals surface area contributed by atoms with E-state index < -0.39 is 0 Å². The smallest absolute Gasteiger partial charge is 0.191 e. The average Bonchev–Trinajstić information content (AvgIpc) is 3.21. The topological polar surface area (TPSA) is 67.1 Å². The molecule has 6 nitrogen and oxygen atoms in total. The number of aryl methyl sites for hydroxylation is 1. The molecule has 0 saturated carbocycles. The number of benzene rings is 2. The van der Waals surface area contributed by atoms with Crippen LogP contribution >= 0.6 is 24.0 Å². The molecule has 0 amide bonds. The SMILES string of the molecule is CCc1nncn1CCNC(=NCc1ccccc1)NCCc1ccc(F)cc1.I. The van der Waals surface area contributed by atoms with Gasteiger partial charge in [0.05, 0.1) is 6.54 Å². The molecule has 0 atom stereocenters. The largest absolute Gasteiger partial charge is 0.356 e. The first-order valence-electron chi connectivity index (χ1n) is 9.92. The summed E-state index contributed by atoms with van der Waals surface area (Å²) in [5.74, 6) is 1.51. The van der Waals surface area contributed by atoms with Crippen molar-refractivity contribution in [1.82, 2.24) is 25.4 Å². The minimum absolute atomic E-state index is 0. The van der Waals surface area contributed by atoms with Gasteiger partial charge in [-0.05, 0) is 29.7 Å². The summed E-state index contributed by atoms with van der Waals surface area (Å²) in [5.41, 5.74) is 2.23. The molecule has 1 aromatic heterocycles. The Morgan fingerprint density at radius 3 is 2.47 bits per heavy atom. The van der Waals surface area contributed by atoms with Crippen molar-refractivity contribution in [3.05, 3.63) is 83.7 Å². The number of nitrogens with zero attached hydrogens (tertiary/aromatic N) is 4. The Kier molecular flexibility index (Phi) is 10.3. The van der Waals surface area contributed by atoms with Crippen molar-refractivity contribution in [2.24, 2.45) is 4.99 Å². The van der Waals surface area contributed by atoms with Crippen LogP contribution in [-0.2, 0) is 25.9 Å². The summed E-state index contributed by atoms with van der Waals surface area (Å²) in [4.78, 5) is 4.69. The Balaban J connectivity index is 0.00000320. The summed E-state index contributed by atoms with van der Waals surface area (Å²) in [7, 11) is 0. The van der Waals surface area contributed by atoms with Gasteiger partial charge in [0.25, 0.3) is 0 Å². The Morgan fingerprint density at radius 1 is 1.00 bits per heavy atom. The molecular formula is C22H28FIN6. The number of hydrogen-bond acceptors (Lipinski definition) is 3. The number of halogens is 2. The normalized spacial score (nSPS) is 11.1. The summed E-state index contributed by atoms with van der Waals surface area (Å²) < 4.78 is 15.1. The third-order valence-electron chi connectivity index (χ3n) is 4.54. The maximum Gasteiger partial charge on any atom is 0.191 e. The molecule has 2 aromatic carbocycles. The number of rotatable bonds is 9. The zero-order valence-electron chi connectivity index (χ0n) is 17.1. The lowest BCUT2D eigenvalue weighted by Gasteiger charge is -2.13. The van der Waals surface area contributed by atoms with E-state index in [1.165, 1.54) is 12.1 Å². The van der Waals surface area contributed by atoms with Crippen LogP contribution in [0.4, 0.5) is 4.39 Å². The van der Waals surface area contributed by atoms with Crippen molar-refractivity contribution in [3.8, 4) is 0 Å². The predicted molar refractivity (Wildman–Crippen MR) is 129 cm³/mol. The summed E-state index contributed by atoms with van der Waals surface area (Å²) in [6, 6.07) is 16.7. The second-order valence-corrected chi connectivity index (χ2v) is 6.67. The molecule has 0 unspecified atom stereocenters. The van der Waals surface area contributed by atoms with E-state index in [9.17, 15) is 4.39 Å². The van der Waals surface area contributed by atoms with Crippen LogP contribution in [0.15, 0.2) is 65.9 Å². The predicted octanol–water partition coefficient (Wildman–Crippen LogP) is 3.58. The highest BCUT2D eigenvalue weighted by Crippen LogP contribution is 2.03. The number of nitrogens with one attached hydrogen (secondary N) is 2. The highest BCUT2D eigenvalue weighted by atomic mass is 127. The first-order valence-corrected chi connectivity index (χ1v) is 9.92. The molecule has 0 spiro atoms. The number of hydrogen-bond donors (Lipinski definition) is 2. The van der Waals surface area contributed by atoms with E-state index in [0.717, 1.165) is 42.3 Å². The van der Waals surface area contributed by atoms with Gasteiger partial charge in [-0.25, -0.2) is 9.38 Å². The molecule has 0 fully saturated rings. The Bertz CT molecular complexity index is 896. The van der Waals surface area contributed by atoms with Crippen molar-refractivity contribution >= 4 is 29.9 Å². The van der Waals surface area contributed by atoms with E-state index >= 15 is 0 Å². The van der Waals surface area contributed by atoms with Crippen molar-refractivity contribution in [2.45, 2.75) is 32.9 Å². The van der Waals surface area contributed by atoms with Crippen LogP contribution in [0.25, 0.3) is 0 Å². The summed E-state index contributed by atoms with van der Waals surface area (Å²) >= 11 is 0. The Morgan fingerprint density at radius 2 is 1.73 bits per heavy atom. The van der Waals surface area contributed by atoms with Crippen LogP contribution in [0.5, 0.6) is 0 Å². The monoisotopic (exact) mass is 522 g/mol. The molecule has 1 heterocycles. The third-order valence-corrected chi connectivity index (χ3v) is 4.54. The number of guanidine groups is 1. The molecular weight excluding hydrogens is 494 g/mol. The van der Waals surface area contributed by atoms with Gasteiger partial charge in [0.15, 0.2) is 5.96 Å². The molecule has 3 aromatic rings. The zero-order valence-corrected chi connectivity index (χ0v) is 19.4. The van der Waals surface area contributed by atoms with E-state index in [-0.39, 0.29) is 29.8 Å². The van der Waals surface area contributed by atoms with E-state index in [1.54, 1.807) is 6.33 Å². The molecule has 0 bridgehead atoms. The molecule has 3 rings (SSSR count). The minimum atomic E-state index is -0.214. The van der Waals surface area contributed by atoms with Gasteiger partial charge in [-0.2, -0.15) is 0 Å². The summed E-state index contributed by atoms with van der Waals surface area (Å²) in [6.45, 7) is 4.85. The van der Waals surface area contributed by atoms with Crippen LogP contribution < -0.4 is 10.6 Å². The van der Waals surface area contributed by atoms with Gasteiger partial charge in [-0.15, -0.1) is 34.2 Å². The Labute approximate surface area is 194 Å². The van der Waals surface area contributed by atoms with Crippen LogP contribution in [0.1, 0.15) is 23.9 Å². The lowest BCUT2D eigenvalue weighted by molar-refractivity contribution is 0.626. The summed E-state index contributed by atoms with van der Waals surface area (Å²) in [5, 5.41) is 14.8. The fraction of sp³-hybridized carbons (Fsp3) is 0.318. The van der Waals surface area contributed by atoms with Gasteiger partial charge < -0.3 is 15.2 Å². The molecule has 0 saturated heterocycles. The van der Waals surface area contributed by atoms with Gasteiger partial charge in [0.1, 0.15) is 18.0 Å². The molecule has 2 N–H and O–H groups in total. The average molecular weight is 522 g/mol. The summed E-state index contributed by atoms with van der Waals surface area (Å²) in [6.07, 6.45) is 3.39. The minimum Gasteiger partial charge on any atom is -0.356 e. The second-order valence-electron chi connectivity index (χ2n) is 6.67. The highest BCUT2D eigenvalue weighted by molar-refractivity contribution is 14.0.